The summed E-state index contributed by atoms with van der Waals surface area (Å²) in [6.07, 6.45) is 2.15. The van der Waals surface area contributed by atoms with Gasteiger partial charge in [-0.1, -0.05) is 11.6 Å². The van der Waals surface area contributed by atoms with Crippen LogP contribution in [-0.4, -0.2) is 37.1 Å². The lowest BCUT2D eigenvalue weighted by molar-refractivity contribution is 0.0690. The van der Waals surface area contributed by atoms with E-state index in [9.17, 15) is 4.79 Å². The fourth-order valence-corrected chi connectivity index (χ4v) is 2.65. The molecular weight excluding hydrogens is 278 g/mol. The molecule has 0 unspecified atom stereocenters. The lowest BCUT2D eigenvalue weighted by Gasteiger charge is -2.27. The third-order valence-corrected chi connectivity index (χ3v) is 3.69. The number of hydrogen-bond acceptors (Lipinski definition) is 3. The maximum Gasteiger partial charge on any atom is 0.254 e. The molecule has 0 aliphatic heterocycles. The van der Waals surface area contributed by atoms with E-state index in [1.54, 1.807) is 12.1 Å². The molecule has 20 heavy (non-hydrogen) atoms. The summed E-state index contributed by atoms with van der Waals surface area (Å²) < 4.78 is 10.4. The largest absolute Gasteiger partial charge is 0.493 e. The van der Waals surface area contributed by atoms with Crippen molar-refractivity contribution < 1.29 is 14.3 Å². The van der Waals surface area contributed by atoms with E-state index in [4.69, 9.17) is 21.1 Å². The molecule has 0 heterocycles. The molecule has 2 rings (SSSR count). The number of methoxy groups -OCH3 is 2. The van der Waals surface area contributed by atoms with Gasteiger partial charge in [0.05, 0.1) is 19.2 Å². The van der Waals surface area contributed by atoms with Crippen molar-refractivity contribution in [1.82, 2.24) is 4.90 Å². The third-order valence-electron chi connectivity index (χ3n) is 3.41. The molecule has 0 atom stereocenters. The molecule has 0 aromatic heterocycles. The molecule has 1 aromatic carbocycles. The van der Waals surface area contributed by atoms with Crippen molar-refractivity contribution in [3.8, 4) is 11.5 Å². The van der Waals surface area contributed by atoms with Gasteiger partial charge in [0.15, 0.2) is 11.5 Å². The van der Waals surface area contributed by atoms with E-state index in [0.717, 1.165) is 12.8 Å². The van der Waals surface area contributed by atoms with Crippen LogP contribution in [0.3, 0.4) is 0 Å². The zero-order valence-corrected chi connectivity index (χ0v) is 13.0. The standard InChI is InChI=1S/C15H20ClNO3/c1-9(2)17(11-5-6-11)15(18)10-7-12(16)14(20-4)13(8-10)19-3/h7-9,11H,5-6H2,1-4H3. The van der Waals surface area contributed by atoms with E-state index in [-0.39, 0.29) is 11.9 Å². The van der Waals surface area contributed by atoms with Crippen LogP contribution in [0.5, 0.6) is 11.5 Å². The summed E-state index contributed by atoms with van der Waals surface area (Å²) >= 11 is 6.16. The molecule has 4 nitrogen and oxygen atoms in total. The first-order chi connectivity index (χ1) is 9.49. The number of rotatable bonds is 5. The molecule has 0 radical (unpaired) electrons. The lowest BCUT2D eigenvalue weighted by atomic mass is 10.1. The number of halogens is 1. The van der Waals surface area contributed by atoms with Crippen LogP contribution in [0.2, 0.25) is 5.02 Å². The number of ether oxygens (including phenoxy) is 2. The van der Waals surface area contributed by atoms with Crippen LogP contribution in [0.25, 0.3) is 0 Å². The number of carbonyl (C=O) groups excluding carboxylic acids is 1. The molecule has 0 N–H and O–H groups in total. The summed E-state index contributed by atoms with van der Waals surface area (Å²) in [6, 6.07) is 3.85. The molecule has 1 aromatic rings. The Bertz CT molecular complexity index is 510. The zero-order chi connectivity index (χ0) is 14.9. The van der Waals surface area contributed by atoms with Gasteiger partial charge in [-0.2, -0.15) is 0 Å². The van der Waals surface area contributed by atoms with Crippen molar-refractivity contribution in [3.63, 3.8) is 0 Å². The molecular formula is C15H20ClNO3. The van der Waals surface area contributed by atoms with Crippen molar-refractivity contribution in [1.29, 1.82) is 0 Å². The first-order valence-corrected chi connectivity index (χ1v) is 7.11. The molecule has 0 spiro atoms. The van der Waals surface area contributed by atoms with Crippen LogP contribution in [0.4, 0.5) is 0 Å². The van der Waals surface area contributed by atoms with Crippen molar-refractivity contribution in [2.24, 2.45) is 0 Å². The Morgan fingerprint density at radius 2 is 1.95 bits per heavy atom. The highest BCUT2D eigenvalue weighted by Crippen LogP contribution is 2.37. The van der Waals surface area contributed by atoms with Gasteiger partial charge >= 0.3 is 0 Å². The molecule has 0 saturated heterocycles. The van der Waals surface area contributed by atoms with E-state index < -0.39 is 0 Å². The first kappa shape index (κ1) is 15.0. The summed E-state index contributed by atoms with van der Waals surface area (Å²) in [5, 5.41) is 0.384. The Balaban J connectivity index is 2.36. The predicted octanol–water partition coefficient (Wildman–Crippen LogP) is 3.37. The maximum atomic E-state index is 12.7. The molecule has 1 fully saturated rings. The van der Waals surface area contributed by atoms with Crippen LogP contribution >= 0.6 is 11.6 Å². The van der Waals surface area contributed by atoms with Crippen LogP contribution in [0.15, 0.2) is 12.1 Å². The maximum absolute atomic E-state index is 12.7. The second-order valence-corrected chi connectivity index (χ2v) is 5.64. The lowest BCUT2D eigenvalue weighted by Crippen LogP contribution is -2.38. The van der Waals surface area contributed by atoms with Crippen LogP contribution in [0.1, 0.15) is 37.0 Å². The second-order valence-electron chi connectivity index (χ2n) is 5.23. The Kier molecular flexibility index (Phi) is 4.43. The monoisotopic (exact) mass is 297 g/mol. The topological polar surface area (TPSA) is 38.8 Å². The van der Waals surface area contributed by atoms with Crippen LogP contribution in [-0.2, 0) is 0 Å². The van der Waals surface area contributed by atoms with Gasteiger partial charge in [0.2, 0.25) is 0 Å². The normalized spacial score (nSPS) is 14.3. The van der Waals surface area contributed by atoms with E-state index in [2.05, 4.69) is 0 Å². The summed E-state index contributed by atoms with van der Waals surface area (Å²) in [5.41, 5.74) is 0.535. The third kappa shape index (κ3) is 2.85. The molecule has 1 amide bonds. The number of hydrogen-bond donors (Lipinski definition) is 0. The Hall–Kier alpha value is -1.42. The van der Waals surface area contributed by atoms with Gasteiger partial charge in [-0.05, 0) is 38.8 Å². The predicted molar refractivity (Wildman–Crippen MR) is 78.9 cm³/mol. The summed E-state index contributed by atoms with van der Waals surface area (Å²) in [6.45, 7) is 4.05. The van der Waals surface area contributed by atoms with Crippen molar-refractivity contribution in [2.45, 2.75) is 38.8 Å². The van der Waals surface area contributed by atoms with Gasteiger partial charge in [0.1, 0.15) is 0 Å². The highest BCUT2D eigenvalue weighted by atomic mass is 35.5. The summed E-state index contributed by atoms with van der Waals surface area (Å²) in [7, 11) is 3.05. The average Bonchev–Trinajstić information content (AvgIpc) is 3.21. The quantitative estimate of drug-likeness (QED) is 0.836. The van der Waals surface area contributed by atoms with Crippen molar-refractivity contribution >= 4 is 17.5 Å². The Morgan fingerprint density at radius 3 is 2.40 bits per heavy atom. The van der Waals surface area contributed by atoms with E-state index in [1.165, 1.54) is 14.2 Å². The molecule has 1 aliphatic rings. The Morgan fingerprint density at radius 1 is 1.30 bits per heavy atom. The van der Waals surface area contributed by atoms with Gasteiger partial charge < -0.3 is 14.4 Å². The summed E-state index contributed by atoms with van der Waals surface area (Å²) in [4.78, 5) is 14.6. The smallest absolute Gasteiger partial charge is 0.254 e. The minimum absolute atomic E-state index is 0.00893. The number of amides is 1. The minimum atomic E-state index is -0.00893. The van der Waals surface area contributed by atoms with Gasteiger partial charge in [-0.25, -0.2) is 0 Å². The van der Waals surface area contributed by atoms with Crippen molar-refractivity contribution in [3.05, 3.63) is 22.7 Å². The Labute approximate surface area is 124 Å². The summed E-state index contributed by atoms with van der Waals surface area (Å²) in [5.74, 6) is 0.918. The highest BCUT2D eigenvalue weighted by molar-refractivity contribution is 6.32. The van der Waals surface area contributed by atoms with Gasteiger partial charge in [-0.15, -0.1) is 0 Å². The molecule has 0 bridgehead atoms. The van der Waals surface area contributed by atoms with Gasteiger partial charge in [0.25, 0.3) is 5.91 Å². The molecule has 1 saturated carbocycles. The highest BCUT2D eigenvalue weighted by Gasteiger charge is 2.35. The van der Waals surface area contributed by atoms with Crippen LogP contribution in [0, 0.1) is 0 Å². The van der Waals surface area contributed by atoms with Crippen LogP contribution < -0.4 is 9.47 Å². The number of benzene rings is 1. The van der Waals surface area contributed by atoms with E-state index >= 15 is 0 Å². The van der Waals surface area contributed by atoms with E-state index in [0.29, 0.717) is 28.1 Å². The zero-order valence-electron chi connectivity index (χ0n) is 12.3. The molecule has 5 heteroatoms. The second kappa shape index (κ2) is 5.92. The van der Waals surface area contributed by atoms with Gasteiger partial charge in [0, 0.05) is 17.6 Å². The molecule has 110 valence electrons. The first-order valence-electron chi connectivity index (χ1n) is 6.73. The fourth-order valence-electron chi connectivity index (χ4n) is 2.37. The van der Waals surface area contributed by atoms with Crippen molar-refractivity contribution in [2.75, 3.05) is 14.2 Å². The molecule has 1 aliphatic carbocycles. The fraction of sp³-hybridized carbons (Fsp3) is 0.533. The van der Waals surface area contributed by atoms with E-state index in [1.807, 2.05) is 18.7 Å². The number of carbonyl (C=O) groups is 1. The SMILES string of the molecule is COc1cc(C(=O)N(C(C)C)C2CC2)cc(Cl)c1OC. The van der Waals surface area contributed by atoms with Gasteiger partial charge in [-0.3, -0.25) is 4.79 Å². The average molecular weight is 298 g/mol. The number of nitrogens with zero attached hydrogens (tertiary/aromatic N) is 1. The minimum Gasteiger partial charge on any atom is -0.493 e.